The highest BCUT2D eigenvalue weighted by atomic mass is 35.5. The van der Waals surface area contributed by atoms with Crippen LogP contribution in [-0.2, 0) is 17.7 Å². The lowest BCUT2D eigenvalue weighted by molar-refractivity contribution is 0.0384. The average Bonchev–Trinajstić information content (AvgIpc) is 2.75. The molecular formula is C22H24ClFN4O. The molecule has 5 nitrogen and oxygen atoms in total. The van der Waals surface area contributed by atoms with Crippen molar-refractivity contribution in [3.05, 3.63) is 64.6 Å². The van der Waals surface area contributed by atoms with Gasteiger partial charge in [0.2, 0.25) is 0 Å². The molecule has 3 aromatic rings. The maximum absolute atomic E-state index is 14.6. The molecule has 2 aromatic carbocycles. The molecule has 0 bridgehead atoms. The van der Waals surface area contributed by atoms with Gasteiger partial charge in [0.1, 0.15) is 11.6 Å². The number of morpholine rings is 1. The average molecular weight is 415 g/mol. The molecule has 0 saturated carbocycles. The first-order valence-corrected chi connectivity index (χ1v) is 10.1. The van der Waals surface area contributed by atoms with Gasteiger partial charge in [0.15, 0.2) is 0 Å². The fraction of sp³-hybridized carbons (Fsp3) is 0.318. The molecule has 0 unspecified atom stereocenters. The van der Waals surface area contributed by atoms with Crippen molar-refractivity contribution in [2.45, 2.75) is 13.0 Å². The number of hydrogen-bond acceptors (Lipinski definition) is 5. The van der Waals surface area contributed by atoms with Crippen LogP contribution >= 0.6 is 11.6 Å². The Morgan fingerprint density at radius 1 is 1.14 bits per heavy atom. The van der Waals surface area contributed by atoms with Crippen molar-refractivity contribution in [3.8, 4) is 0 Å². The second-order valence-corrected chi connectivity index (χ2v) is 7.64. The van der Waals surface area contributed by atoms with Gasteiger partial charge in [-0.15, -0.1) is 0 Å². The van der Waals surface area contributed by atoms with Crippen molar-refractivity contribution < 1.29 is 9.13 Å². The third-order valence-corrected chi connectivity index (χ3v) is 5.59. The third kappa shape index (κ3) is 4.78. The topological polar surface area (TPSA) is 63.4 Å². The van der Waals surface area contributed by atoms with Gasteiger partial charge in [0, 0.05) is 54.4 Å². The standard InChI is InChI=1S/C22H24ClFN4O/c23-20-14-27-22(25)18-4-3-17(12-19(18)20)26-13-16-2-1-15(11-21(16)24)5-6-28-7-9-29-10-8-28/h1-4,11-12,14,26H,5-10,13H2,(H2,25,27). The molecule has 152 valence electrons. The predicted octanol–water partition coefficient (Wildman–Crippen LogP) is 4.10. The van der Waals surface area contributed by atoms with E-state index in [4.69, 9.17) is 22.1 Å². The first kappa shape index (κ1) is 19.9. The highest BCUT2D eigenvalue weighted by molar-refractivity contribution is 6.35. The van der Waals surface area contributed by atoms with Crippen LogP contribution in [0.15, 0.2) is 42.6 Å². The van der Waals surface area contributed by atoms with E-state index in [1.165, 1.54) is 6.20 Å². The Kier molecular flexibility index (Phi) is 6.13. The third-order valence-electron chi connectivity index (χ3n) is 5.29. The van der Waals surface area contributed by atoms with E-state index in [1.54, 1.807) is 6.07 Å². The lowest BCUT2D eigenvalue weighted by Gasteiger charge is -2.26. The number of nitrogens with two attached hydrogens (primary N) is 1. The molecule has 1 aromatic heterocycles. The molecule has 0 aliphatic carbocycles. The zero-order valence-corrected chi connectivity index (χ0v) is 16.9. The maximum Gasteiger partial charge on any atom is 0.131 e. The van der Waals surface area contributed by atoms with Gasteiger partial charge in [-0.3, -0.25) is 4.90 Å². The van der Waals surface area contributed by atoms with Gasteiger partial charge in [-0.1, -0.05) is 23.7 Å². The fourth-order valence-electron chi connectivity index (χ4n) is 3.54. The number of benzene rings is 2. The molecule has 1 saturated heterocycles. The van der Waals surface area contributed by atoms with E-state index in [0.29, 0.717) is 22.9 Å². The molecule has 2 heterocycles. The molecule has 0 spiro atoms. The SMILES string of the molecule is Nc1ncc(Cl)c2cc(NCc3ccc(CCN4CCOCC4)cc3F)ccc12. The number of hydrogen-bond donors (Lipinski definition) is 2. The molecule has 1 aliphatic rings. The summed E-state index contributed by atoms with van der Waals surface area (Å²) in [6.07, 6.45) is 2.38. The zero-order chi connectivity index (χ0) is 20.2. The van der Waals surface area contributed by atoms with Crippen molar-refractivity contribution in [3.63, 3.8) is 0 Å². The van der Waals surface area contributed by atoms with Gasteiger partial charge in [0.05, 0.1) is 18.2 Å². The molecule has 3 N–H and O–H groups in total. The minimum Gasteiger partial charge on any atom is -0.383 e. The molecule has 0 radical (unpaired) electrons. The van der Waals surface area contributed by atoms with E-state index in [0.717, 1.165) is 61.3 Å². The van der Waals surface area contributed by atoms with Crippen molar-refractivity contribution in [1.82, 2.24) is 9.88 Å². The second-order valence-electron chi connectivity index (χ2n) is 7.24. The largest absolute Gasteiger partial charge is 0.383 e. The van der Waals surface area contributed by atoms with Crippen molar-refractivity contribution in [2.75, 3.05) is 43.9 Å². The van der Waals surface area contributed by atoms with Gasteiger partial charge >= 0.3 is 0 Å². The Hall–Kier alpha value is -2.41. The summed E-state index contributed by atoms with van der Waals surface area (Å²) in [5.41, 5.74) is 8.38. The Morgan fingerprint density at radius 2 is 1.97 bits per heavy atom. The lowest BCUT2D eigenvalue weighted by atomic mass is 10.1. The summed E-state index contributed by atoms with van der Waals surface area (Å²) in [5.74, 6) is 0.249. The van der Waals surface area contributed by atoms with Crippen molar-refractivity contribution in [2.24, 2.45) is 0 Å². The van der Waals surface area contributed by atoms with Crippen LogP contribution in [0.5, 0.6) is 0 Å². The Morgan fingerprint density at radius 3 is 2.76 bits per heavy atom. The van der Waals surface area contributed by atoms with Crippen LogP contribution in [0.3, 0.4) is 0 Å². The van der Waals surface area contributed by atoms with E-state index < -0.39 is 0 Å². The molecule has 0 amide bonds. The van der Waals surface area contributed by atoms with Crippen LogP contribution in [0, 0.1) is 5.82 Å². The molecule has 0 atom stereocenters. The second kappa shape index (κ2) is 8.95. The summed E-state index contributed by atoms with van der Waals surface area (Å²) in [6, 6.07) is 11.2. The van der Waals surface area contributed by atoms with Gasteiger partial charge in [-0.2, -0.15) is 0 Å². The fourth-order valence-corrected chi connectivity index (χ4v) is 3.74. The minimum atomic E-state index is -0.191. The minimum absolute atomic E-state index is 0.191. The first-order chi connectivity index (χ1) is 14.1. The Balaban J connectivity index is 1.39. The summed E-state index contributed by atoms with van der Waals surface area (Å²) < 4.78 is 19.9. The number of nitrogens with one attached hydrogen (secondary N) is 1. The summed E-state index contributed by atoms with van der Waals surface area (Å²) in [6.45, 7) is 4.77. The molecule has 1 fully saturated rings. The van der Waals surface area contributed by atoms with Crippen LogP contribution in [0.2, 0.25) is 5.02 Å². The number of nitrogens with zero attached hydrogens (tertiary/aromatic N) is 2. The number of anilines is 2. The summed E-state index contributed by atoms with van der Waals surface area (Å²) in [5, 5.41) is 5.42. The zero-order valence-electron chi connectivity index (χ0n) is 16.1. The highest BCUT2D eigenvalue weighted by Crippen LogP contribution is 2.29. The number of aromatic nitrogens is 1. The number of pyridine rings is 1. The molecule has 4 rings (SSSR count). The highest BCUT2D eigenvalue weighted by Gasteiger charge is 2.11. The maximum atomic E-state index is 14.6. The van der Waals surface area contributed by atoms with Gasteiger partial charge in [0.25, 0.3) is 0 Å². The van der Waals surface area contributed by atoms with Crippen molar-refractivity contribution >= 4 is 33.9 Å². The van der Waals surface area contributed by atoms with Gasteiger partial charge < -0.3 is 15.8 Å². The van der Waals surface area contributed by atoms with E-state index >= 15 is 0 Å². The lowest BCUT2D eigenvalue weighted by Crippen LogP contribution is -2.37. The molecule has 7 heteroatoms. The smallest absolute Gasteiger partial charge is 0.131 e. The van der Waals surface area contributed by atoms with E-state index in [-0.39, 0.29) is 5.82 Å². The first-order valence-electron chi connectivity index (χ1n) is 9.75. The summed E-state index contributed by atoms with van der Waals surface area (Å²) in [4.78, 5) is 6.41. The van der Waals surface area contributed by atoms with Crippen LogP contribution in [0.4, 0.5) is 15.9 Å². The Labute approximate surface area is 174 Å². The summed E-state index contributed by atoms with van der Waals surface area (Å²) in [7, 11) is 0. The molecule has 1 aliphatic heterocycles. The van der Waals surface area contributed by atoms with Gasteiger partial charge in [-0.25, -0.2) is 9.37 Å². The van der Waals surface area contributed by atoms with Crippen LogP contribution in [0.25, 0.3) is 10.8 Å². The molecule has 29 heavy (non-hydrogen) atoms. The summed E-state index contributed by atoms with van der Waals surface area (Å²) >= 11 is 6.23. The van der Waals surface area contributed by atoms with Gasteiger partial charge in [-0.05, 0) is 36.2 Å². The van der Waals surface area contributed by atoms with Crippen LogP contribution in [-0.4, -0.2) is 42.7 Å². The number of halogens is 2. The quantitative estimate of drug-likeness (QED) is 0.636. The van der Waals surface area contributed by atoms with Crippen molar-refractivity contribution in [1.29, 1.82) is 0 Å². The van der Waals surface area contributed by atoms with Crippen LogP contribution in [0.1, 0.15) is 11.1 Å². The monoisotopic (exact) mass is 414 g/mol. The normalized spacial score (nSPS) is 15.0. The van der Waals surface area contributed by atoms with E-state index in [2.05, 4.69) is 15.2 Å². The molecular weight excluding hydrogens is 391 g/mol. The number of rotatable bonds is 6. The number of fused-ring (bicyclic) bond motifs is 1. The van der Waals surface area contributed by atoms with Crippen LogP contribution < -0.4 is 11.1 Å². The number of nitrogen functional groups attached to an aromatic ring is 1. The Bertz CT molecular complexity index is 1010. The predicted molar refractivity (Wildman–Crippen MR) is 116 cm³/mol. The van der Waals surface area contributed by atoms with E-state index in [9.17, 15) is 4.39 Å². The number of ether oxygens (including phenoxy) is 1. The van der Waals surface area contributed by atoms with E-state index in [1.807, 2.05) is 30.3 Å².